The Balaban J connectivity index is 1.89. The van der Waals surface area contributed by atoms with Crippen molar-refractivity contribution in [2.75, 3.05) is 18.4 Å². The highest BCUT2D eigenvalue weighted by Gasteiger charge is 2.23. The van der Waals surface area contributed by atoms with Crippen LogP contribution in [0.4, 0.5) is 5.69 Å². The Morgan fingerprint density at radius 2 is 2.00 bits per heavy atom. The van der Waals surface area contributed by atoms with Gasteiger partial charge in [0.25, 0.3) is 0 Å². The summed E-state index contributed by atoms with van der Waals surface area (Å²) in [6.07, 6.45) is 2.37. The maximum absolute atomic E-state index is 3.64. The minimum Gasteiger partial charge on any atom is -0.381 e. The first-order chi connectivity index (χ1) is 8.19. The quantitative estimate of drug-likeness (QED) is 0.858. The van der Waals surface area contributed by atoms with Gasteiger partial charge in [0.15, 0.2) is 0 Å². The summed E-state index contributed by atoms with van der Waals surface area (Å²) in [6.45, 7) is 9.15. The first-order valence-electron chi connectivity index (χ1n) is 6.78. The highest BCUT2D eigenvalue weighted by atomic mass is 15.2. The maximum atomic E-state index is 3.64. The number of aryl methyl sites for hydroxylation is 1. The van der Waals surface area contributed by atoms with E-state index in [2.05, 4.69) is 55.3 Å². The molecule has 1 unspecified atom stereocenters. The predicted molar refractivity (Wildman–Crippen MR) is 74.6 cm³/mol. The van der Waals surface area contributed by atoms with E-state index in [9.17, 15) is 0 Å². The van der Waals surface area contributed by atoms with Gasteiger partial charge in [0.05, 0.1) is 0 Å². The van der Waals surface area contributed by atoms with Crippen LogP contribution >= 0.6 is 0 Å². The lowest BCUT2D eigenvalue weighted by molar-refractivity contribution is 0.274. The molecule has 1 fully saturated rings. The SMILES string of the molecule is CCc1ccc(NC2CCN(C(C)C)C2)cc1. The van der Waals surface area contributed by atoms with Crippen molar-refractivity contribution in [1.82, 2.24) is 4.90 Å². The fourth-order valence-corrected chi connectivity index (χ4v) is 2.45. The van der Waals surface area contributed by atoms with Crippen molar-refractivity contribution in [3.05, 3.63) is 29.8 Å². The summed E-state index contributed by atoms with van der Waals surface area (Å²) in [7, 11) is 0. The van der Waals surface area contributed by atoms with Crippen LogP contribution in [0.5, 0.6) is 0 Å². The van der Waals surface area contributed by atoms with E-state index in [4.69, 9.17) is 0 Å². The molecule has 2 nitrogen and oxygen atoms in total. The zero-order chi connectivity index (χ0) is 12.3. The van der Waals surface area contributed by atoms with Crippen LogP contribution < -0.4 is 5.32 Å². The molecule has 0 aromatic heterocycles. The summed E-state index contributed by atoms with van der Waals surface area (Å²) in [6, 6.07) is 10.1. The topological polar surface area (TPSA) is 15.3 Å². The van der Waals surface area contributed by atoms with Crippen LogP contribution in [0.15, 0.2) is 24.3 Å². The third-order valence-corrected chi connectivity index (χ3v) is 3.68. The van der Waals surface area contributed by atoms with Gasteiger partial charge in [-0.3, -0.25) is 4.90 Å². The Bertz CT molecular complexity index is 342. The molecule has 0 amide bonds. The Morgan fingerprint density at radius 1 is 1.29 bits per heavy atom. The van der Waals surface area contributed by atoms with Gasteiger partial charge in [-0.2, -0.15) is 0 Å². The van der Waals surface area contributed by atoms with Gasteiger partial charge in [-0.05, 0) is 44.4 Å². The van der Waals surface area contributed by atoms with Crippen molar-refractivity contribution < 1.29 is 0 Å². The van der Waals surface area contributed by atoms with Crippen LogP contribution in [0.2, 0.25) is 0 Å². The normalized spacial score (nSPS) is 21.1. The van der Waals surface area contributed by atoms with E-state index in [-0.39, 0.29) is 0 Å². The van der Waals surface area contributed by atoms with Crippen molar-refractivity contribution in [3.63, 3.8) is 0 Å². The molecule has 0 aliphatic carbocycles. The summed E-state index contributed by atoms with van der Waals surface area (Å²) in [5.41, 5.74) is 2.67. The Labute approximate surface area is 105 Å². The molecule has 2 heteroatoms. The van der Waals surface area contributed by atoms with Crippen molar-refractivity contribution in [1.29, 1.82) is 0 Å². The second kappa shape index (κ2) is 5.54. The standard InChI is InChI=1S/C15H24N2/c1-4-13-5-7-14(8-6-13)16-15-9-10-17(11-15)12(2)3/h5-8,12,15-16H,4,9-11H2,1-3H3. The van der Waals surface area contributed by atoms with Gasteiger partial charge >= 0.3 is 0 Å². The van der Waals surface area contributed by atoms with Crippen molar-refractivity contribution in [2.24, 2.45) is 0 Å². The molecule has 17 heavy (non-hydrogen) atoms. The summed E-state index contributed by atoms with van der Waals surface area (Å²) in [5, 5.41) is 3.64. The fourth-order valence-electron chi connectivity index (χ4n) is 2.45. The second-order valence-electron chi connectivity index (χ2n) is 5.27. The van der Waals surface area contributed by atoms with Crippen LogP contribution in [-0.4, -0.2) is 30.1 Å². The minimum absolute atomic E-state index is 0.616. The van der Waals surface area contributed by atoms with Gasteiger partial charge in [-0.15, -0.1) is 0 Å². The molecule has 1 aromatic rings. The van der Waals surface area contributed by atoms with E-state index in [1.165, 1.54) is 30.8 Å². The number of nitrogens with zero attached hydrogens (tertiary/aromatic N) is 1. The number of hydrogen-bond acceptors (Lipinski definition) is 2. The lowest BCUT2D eigenvalue weighted by Crippen LogP contribution is -2.31. The van der Waals surface area contributed by atoms with Gasteiger partial charge in [0.1, 0.15) is 0 Å². The van der Waals surface area contributed by atoms with E-state index in [0.717, 1.165) is 6.42 Å². The zero-order valence-corrected chi connectivity index (χ0v) is 11.2. The molecule has 0 bridgehead atoms. The zero-order valence-electron chi connectivity index (χ0n) is 11.2. The molecule has 2 rings (SSSR count). The smallest absolute Gasteiger partial charge is 0.0400 e. The van der Waals surface area contributed by atoms with E-state index in [1.54, 1.807) is 0 Å². The first-order valence-corrected chi connectivity index (χ1v) is 6.78. The molecule has 1 N–H and O–H groups in total. The molecule has 1 aliphatic rings. The number of rotatable bonds is 4. The molecule has 94 valence electrons. The summed E-state index contributed by atoms with van der Waals surface area (Å²) < 4.78 is 0. The molecule has 1 aliphatic heterocycles. The number of anilines is 1. The van der Waals surface area contributed by atoms with Crippen LogP contribution in [0.25, 0.3) is 0 Å². The van der Waals surface area contributed by atoms with Gasteiger partial charge < -0.3 is 5.32 Å². The molecule has 1 atom stereocenters. The van der Waals surface area contributed by atoms with E-state index < -0.39 is 0 Å². The molecule has 0 radical (unpaired) electrons. The molecule has 0 saturated carbocycles. The summed E-state index contributed by atoms with van der Waals surface area (Å²) in [4.78, 5) is 2.54. The minimum atomic E-state index is 0.616. The molecule has 1 heterocycles. The highest BCUT2D eigenvalue weighted by molar-refractivity contribution is 5.45. The molecule has 1 saturated heterocycles. The average molecular weight is 232 g/mol. The third-order valence-electron chi connectivity index (χ3n) is 3.68. The molecule has 0 spiro atoms. The fraction of sp³-hybridized carbons (Fsp3) is 0.600. The summed E-state index contributed by atoms with van der Waals surface area (Å²) in [5.74, 6) is 0. The molecule has 1 aromatic carbocycles. The van der Waals surface area contributed by atoms with Crippen molar-refractivity contribution in [3.8, 4) is 0 Å². The number of benzene rings is 1. The van der Waals surface area contributed by atoms with E-state index in [1.807, 2.05) is 0 Å². The summed E-state index contributed by atoms with van der Waals surface area (Å²) >= 11 is 0. The second-order valence-corrected chi connectivity index (χ2v) is 5.27. The van der Waals surface area contributed by atoms with Crippen LogP contribution in [0, 0.1) is 0 Å². The Kier molecular flexibility index (Phi) is 4.06. The van der Waals surface area contributed by atoms with Gasteiger partial charge in [0, 0.05) is 30.9 Å². The highest BCUT2D eigenvalue weighted by Crippen LogP contribution is 2.18. The predicted octanol–water partition coefficient (Wildman–Crippen LogP) is 3.14. The van der Waals surface area contributed by atoms with Gasteiger partial charge in [0.2, 0.25) is 0 Å². The molecular formula is C15H24N2. The monoisotopic (exact) mass is 232 g/mol. The average Bonchev–Trinajstić information content (AvgIpc) is 2.79. The number of hydrogen-bond donors (Lipinski definition) is 1. The first kappa shape index (κ1) is 12.4. The van der Waals surface area contributed by atoms with Gasteiger partial charge in [-0.1, -0.05) is 19.1 Å². The largest absolute Gasteiger partial charge is 0.381 e. The van der Waals surface area contributed by atoms with Gasteiger partial charge in [-0.25, -0.2) is 0 Å². The lowest BCUT2D eigenvalue weighted by atomic mass is 10.1. The van der Waals surface area contributed by atoms with Crippen LogP contribution in [-0.2, 0) is 6.42 Å². The van der Waals surface area contributed by atoms with Crippen molar-refractivity contribution >= 4 is 5.69 Å². The van der Waals surface area contributed by atoms with E-state index >= 15 is 0 Å². The van der Waals surface area contributed by atoms with Crippen molar-refractivity contribution in [2.45, 2.75) is 45.7 Å². The Morgan fingerprint density at radius 3 is 2.53 bits per heavy atom. The lowest BCUT2D eigenvalue weighted by Gasteiger charge is -2.20. The van der Waals surface area contributed by atoms with E-state index in [0.29, 0.717) is 12.1 Å². The Hall–Kier alpha value is -1.02. The number of likely N-dealkylation sites (tertiary alicyclic amines) is 1. The third kappa shape index (κ3) is 3.22. The maximum Gasteiger partial charge on any atom is 0.0400 e. The van der Waals surface area contributed by atoms with Crippen LogP contribution in [0.3, 0.4) is 0 Å². The number of nitrogens with one attached hydrogen (secondary N) is 1. The molecular weight excluding hydrogens is 208 g/mol. The van der Waals surface area contributed by atoms with Crippen LogP contribution in [0.1, 0.15) is 32.8 Å².